The Hall–Kier alpha value is -0.780. The lowest BCUT2D eigenvalue weighted by Crippen LogP contribution is -2.48. The molecule has 2 heterocycles. The van der Waals surface area contributed by atoms with Crippen LogP contribution in [0.4, 0.5) is 13.2 Å². The Labute approximate surface area is 204 Å². The van der Waals surface area contributed by atoms with Crippen LogP contribution in [0.3, 0.4) is 0 Å². The fraction of sp³-hybridized carbons (Fsp3) is 0.667. The Morgan fingerprint density at radius 1 is 1.26 bits per heavy atom. The standard InChI is InChI=1S/C21H31ClF3N5.HI/c1-26-20(28-18-8-10-30(13-18)14-21(23,24)25)27-12-16-6-4-9-29(2)19(16)15-5-3-7-17(22)11-15;/h3,5,7,11,16,18-19H,4,6,8-10,12-14H2,1-2H3,(H2,26,27,28);1H. The molecule has 2 fully saturated rings. The molecular formula is C21H32ClF3IN5. The second-order valence-electron chi connectivity index (χ2n) is 8.32. The average molecular weight is 574 g/mol. The van der Waals surface area contributed by atoms with E-state index in [0.717, 1.165) is 31.0 Å². The first-order valence-corrected chi connectivity index (χ1v) is 10.8. The first kappa shape index (κ1) is 26.5. The molecule has 10 heteroatoms. The van der Waals surface area contributed by atoms with E-state index in [2.05, 4.69) is 33.6 Å². The highest BCUT2D eigenvalue weighted by molar-refractivity contribution is 14.0. The quantitative estimate of drug-likeness (QED) is 0.316. The zero-order chi connectivity index (χ0) is 21.7. The summed E-state index contributed by atoms with van der Waals surface area (Å²) in [5.74, 6) is 1.03. The summed E-state index contributed by atoms with van der Waals surface area (Å²) in [7, 11) is 3.83. The summed E-state index contributed by atoms with van der Waals surface area (Å²) in [5.41, 5.74) is 1.21. The molecule has 1 aromatic carbocycles. The maximum atomic E-state index is 12.6. The Balaban J connectivity index is 0.00000341. The molecule has 0 bridgehead atoms. The van der Waals surface area contributed by atoms with Crippen LogP contribution in [-0.2, 0) is 0 Å². The van der Waals surface area contributed by atoms with E-state index in [-0.39, 0.29) is 36.1 Å². The van der Waals surface area contributed by atoms with Crippen molar-refractivity contribution in [1.29, 1.82) is 0 Å². The van der Waals surface area contributed by atoms with Crippen LogP contribution in [0.1, 0.15) is 30.9 Å². The van der Waals surface area contributed by atoms with Crippen molar-refractivity contribution >= 4 is 41.5 Å². The predicted molar refractivity (Wildman–Crippen MR) is 130 cm³/mol. The molecule has 31 heavy (non-hydrogen) atoms. The van der Waals surface area contributed by atoms with E-state index >= 15 is 0 Å². The second-order valence-corrected chi connectivity index (χ2v) is 8.75. The van der Waals surface area contributed by atoms with Gasteiger partial charge >= 0.3 is 6.18 Å². The second kappa shape index (κ2) is 11.9. The summed E-state index contributed by atoms with van der Waals surface area (Å²) < 4.78 is 37.8. The Bertz CT molecular complexity index is 733. The lowest BCUT2D eigenvalue weighted by molar-refractivity contribution is -0.143. The first-order valence-electron chi connectivity index (χ1n) is 10.5. The molecule has 3 rings (SSSR count). The largest absolute Gasteiger partial charge is 0.401 e. The minimum atomic E-state index is -4.16. The molecule has 2 aliphatic heterocycles. The molecule has 2 N–H and O–H groups in total. The molecule has 0 spiro atoms. The van der Waals surface area contributed by atoms with Crippen LogP contribution in [0.15, 0.2) is 29.3 Å². The molecule has 0 aliphatic carbocycles. The molecule has 2 saturated heterocycles. The normalized spacial score (nSPS) is 25.9. The molecule has 176 valence electrons. The van der Waals surface area contributed by atoms with Crippen LogP contribution in [0.5, 0.6) is 0 Å². The summed E-state index contributed by atoms with van der Waals surface area (Å²) in [6.07, 6.45) is -1.26. The third-order valence-corrected chi connectivity index (χ3v) is 6.20. The van der Waals surface area contributed by atoms with E-state index in [1.54, 1.807) is 7.05 Å². The highest BCUT2D eigenvalue weighted by Crippen LogP contribution is 2.35. The van der Waals surface area contributed by atoms with Gasteiger partial charge in [-0.3, -0.25) is 14.8 Å². The number of likely N-dealkylation sites (tertiary alicyclic amines) is 2. The fourth-order valence-electron chi connectivity index (χ4n) is 4.65. The Morgan fingerprint density at radius 2 is 2.03 bits per heavy atom. The number of hydrogen-bond acceptors (Lipinski definition) is 3. The van der Waals surface area contributed by atoms with Crippen LogP contribution in [0, 0.1) is 5.92 Å². The van der Waals surface area contributed by atoms with Gasteiger partial charge in [0.15, 0.2) is 5.96 Å². The molecule has 1 aromatic rings. The van der Waals surface area contributed by atoms with Crippen LogP contribution >= 0.6 is 35.6 Å². The Kier molecular flexibility index (Phi) is 10.2. The van der Waals surface area contributed by atoms with Crippen molar-refractivity contribution in [2.24, 2.45) is 10.9 Å². The fourth-order valence-corrected chi connectivity index (χ4v) is 4.85. The van der Waals surface area contributed by atoms with Gasteiger partial charge in [0.1, 0.15) is 0 Å². The van der Waals surface area contributed by atoms with Crippen molar-refractivity contribution in [3.63, 3.8) is 0 Å². The van der Waals surface area contributed by atoms with Crippen molar-refractivity contribution in [2.75, 3.05) is 46.8 Å². The number of guanidine groups is 1. The number of alkyl halides is 3. The van der Waals surface area contributed by atoms with E-state index in [0.29, 0.717) is 31.4 Å². The van der Waals surface area contributed by atoms with E-state index in [4.69, 9.17) is 11.6 Å². The van der Waals surface area contributed by atoms with E-state index in [9.17, 15) is 13.2 Å². The van der Waals surface area contributed by atoms with Gasteiger partial charge in [-0.15, -0.1) is 24.0 Å². The van der Waals surface area contributed by atoms with Gasteiger partial charge in [0.25, 0.3) is 0 Å². The number of nitrogens with zero attached hydrogens (tertiary/aromatic N) is 3. The van der Waals surface area contributed by atoms with E-state index < -0.39 is 12.7 Å². The molecule has 2 aliphatic rings. The van der Waals surface area contributed by atoms with Crippen LogP contribution in [-0.4, -0.2) is 74.8 Å². The number of piperidine rings is 1. The van der Waals surface area contributed by atoms with Crippen molar-refractivity contribution in [3.8, 4) is 0 Å². The minimum Gasteiger partial charge on any atom is -0.356 e. The maximum absolute atomic E-state index is 12.6. The van der Waals surface area contributed by atoms with Gasteiger partial charge < -0.3 is 10.6 Å². The van der Waals surface area contributed by atoms with Gasteiger partial charge in [-0.05, 0) is 56.5 Å². The topological polar surface area (TPSA) is 42.9 Å². The minimum absolute atomic E-state index is 0. The highest BCUT2D eigenvalue weighted by Gasteiger charge is 2.35. The molecule has 0 aromatic heterocycles. The monoisotopic (exact) mass is 573 g/mol. The van der Waals surface area contributed by atoms with Crippen molar-refractivity contribution < 1.29 is 13.2 Å². The van der Waals surface area contributed by atoms with Crippen molar-refractivity contribution in [1.82, 2.24) is 20.4 Å². The number of aliphatic imine (C=N–C) groups is 1. The van der Waals surface area contributed by atoms with Crippen LogP contribution in [0.2, 0.25) is 5.02 Å². The molecule has 5 nitrogen and oxygen atoms in total. The zero-order valence-corrected chi connectivity index (χ0v) is 21.0. The van der Waals surface area contributed by atoms with Gasteiger partial charge in [-0.2, -0.15) is 13.2 Å². The van der Waals surface area contributed by atoms with E-state index in [1.165, 1.54) is 10.5 Å². The number of rotatable bonds is 5. The number of hydrogen-bond donors (Lipinski definition) is 2. The predicted octanol–water partition coefficient (Wildman–Crippen LogP) is 4.14. The zero-order valence-electron chi connectivity index (χ0n) is 18.0. The van der Waals surface area contributed by atoms with Crippen molar-refractivity contribution in [3.05, 3.63) is 34.9 Å². The van der Waals surface area contributed by atoms with Crippen LogP contribution in [0.25, 0.3) is 0 Å². The average Bonchev–Trinajstić information content (AvgIpc) is 3.10. The summed E-state index contributed by atoms with van der Waals surface area (Å²) in [6, 6.07) is 8.25. The van der Waals surface area contributed by atoms with Crippen LogP contribution < -0.4 is 10.6 Å². The number of halogens is 5. The number of nitrogens with one attached hydrogen (secondary N) is 2. The number of benzene rings is 1. The molecular weight excluding hydrogens is 542 g/mol. The van der Waals surface area contributed by atoms with Crippen molar-refractivity contribution in [2.45, 2.75) is 37.5 Å². The lowest BCUT2D eigenvalue weighted by Gasteiger charge is -2.40. The van der Waals surface area contributed by atoms with Gasteiger partial charge in [0.05, 0.1) is 6.54 Å². The summed E-state index contributed by atoms with van der Waals surface area (Å²) in [6.45, 7) is 1.74. The summed E-state index contributed by atoms with van der Waals surface area (Å²) in [4.78, 5) is 8.09. The molecule has 0 saturated carbocycles. The first-order chi connectivity index (χ1) is 14.2. The molecule has 0 radical (unpaired) electrons. The lowest BCUT2D eigenvalue weighted by atomic mass is 9.85. The summed E-state index contributed by atoms with van der Waals surface area (Å²) in [5, 5.41) is 7.43. The van der Waals surface area contributed by atoms with Gasteiger partial charge in [0, 0.05) is 43.8 Å². The smallest absolute Gasteiger partial charge is 0.356 e. The molecule has 3 unspecified atom stereocenters. The third-order valence-electron chi connectivity index (χ3n) is 5.97. The summed E-state index contributed by atoms with van der Waals surface area (Å²) >= 11 is 6.22. The molecule has 3 atom stereocenters. The SMILES string of the molecule is CN=C(NCC1CCCN(C)C1c1cccc(Cl)c1)NC1CCN(CC(F)(F)F)C1.I. The van der Waals surface area contributed by atoms with Gasteiger partial charge in [-0.25, -0.2) is 0 Å². The maximum Gasteiger partial charge on any atom is 0.401 e. The highest BCUT2D eigenvalue weighted by atomic mass is 127. The van der Waals surface area contributed by atoms with Gasteiger partial charge in [0.2, 0.25) is 0 Å². The van der Waals surface area contributed by atoms with E-state index in [1.807, 2.05) is 18.2 Å². The third kappa shape index (κ3) is 7.94. The van der Waals surface area contributed by atoms with Gasteiger partial charge in [-0.1, -0.05) is 23.7 Å². The molecule has 0 amide bonds. The Morgan fingerprint density at radius 3 is 2.71 bits per heavy atom.